The molecule has 1 aliphatic heterocycles. The maximum atomic E-state index is 13.6. The van der Waals surface area contributed by atoms with Crippen molar-refractivity contribution in [2.75, 3.05) is 19.6 Å². The van der Waals surface area contributed by atoms with Crippen molar-refractivity contribution in [2.24, 2.45) is 0 Å². The third-order valence-electron chi connectivity index (χ3n) is 4.08. The number of rotatable bonds is 4. The lowest BCUT2D eigenvalue weighted by Crippen LogP contribution is -2.49. The molecule has 1 aromatic carbocycles. The molecule has 0 saturated carbocycles. The molecule has 0 amide bonds. The Bertz CT molecular complexity index is 680. The normalized spacial score (nSPS) is 17.5. The van der Waals surface area contributed by atoms with E-state index in [1.807, 2.05) is 29.5 Å². The van der Waals surface area contributed by atoms with Crippen LogP contribution in [0.4, 0.5) is 8.78 Å². The molecule has 1 aromatic heterocycles. The Morgan fingerprint density at radius 1 is 1.27 bits per heavy atom. The molecule has 1 aliphatic rings. The largest absolute Gasteiger partial charge is 0.387 e. The van der Waals surface area contributed by atoms with Crippen LogP contribution < -0.4 is 0 Å². The van der Waals surface area contributed by atoms with E-state index in [0.29, 0.717) is 0 Å². The van der Waals surface area contributed by atoms with Crippen LogP contribution >= 0.6 is 0 Å². The zero-order valence-electron chi connectivity index (χ0n) is 12.6. The molecule has 1 unspecified atom stereocenters. The monoisotopic (exact) mass is 307 g/mol. The van der Waals surface area contributed by atoms with Crippen LogP contribution in [0.5, 0.6) is 0 Å². The zero-order chi connectivity index (χ0) is 15.9. The van der Waals surface area contributed by atoms with Crippen molar-refractivity contribution < 1.29 is 13.9 Å². The number of benzene rings is 1. The average Bonchev–Trinajstić information content (AvgIpc) is 2.74. The fourth-order valence-corrected chi connectivity index (χ4v) is 2.97. The Kier molecular flexibility index (Phi) is 3.97. The van der Waals surface area contributed by atoms with Crippen LogP contribution in [0, 0.1) is 25.5 Å². The number of likely N-dealkylation sites (tertiary alicyclic amines) is 1. The Labute approximate surface area is 128 Å². The van der Waals surface area contributed by atoms with Gasteiger partial charge in [-0.15, -0.1) is 0 Å². The van der Waals surface area contributed by atoms with Gasteiger partial charge in [-0.3, -0.25) is 9.58 Å². The quantitative estimate of drug-likeness (QED) is 0.943. The van der Waals surface area contributed by atoms with Crippen molar-refractivity contribution in [3.8, 4) is 0 Å². The molecule has 2 heterocycles. The fraction of sp³-hybridized carbons (Fsp3) is 0.438. The second-order valence-electron chi connectivity index (χ2n) is 5.93. The van der Waals surface area contributed by atoms with E-state index in [9.17, 15) is 13.9 Å². The number of aryl methyl sites for hydroxylation is 2. The van der Waals surface area contributed by atoms with Crippen LogP contribution in [0.3, 0.4) is 0 Å². The fourth-order valence-electron chi connectivity index (χ4n) is 2.97. The third-order valence-corrected chi connectivity index (χ3v) is 4.08. The predicted molar refractivity (Wildman–Crippen MR) is 78.5 cm³/mol. The van der Waals surface area contributed by atoms with E-state index < -0.39 is 17.7 Å². The van der Waals surface area contributed by atoms with Gasteiger partial charge < -0.3 is 5.11 Å². The van der Waals surface area contributed by atoms with Crippen molar-refractivity contribution >= 4 is 0 Å². The first kappa shape index (κ1) is 15.1. The summed E-state index contributed by atoms with van der Waals surface area (Å²) < 4.78 is 28.8. The first-order valence-corrected chi connectivity index (χ1v) is 7.32. The minimum Gasteiger partial charge on any atom is -0.387 e. The van der Waals surface area contributed by atoms with Crippen molar-refractivity contribution in [2.45, 2.75) is 26.0 Å². The van der Waals surface area contributed by atoms with Crippen molar-refractivity contribution in [1.29, 1.82) is 0 Å². The molecule has 6 heteroatoms. The number of aliphatic hydroxyl groups is 1. The number of aliphatic hydroxyl groups excluding tert-OH is 1. The number of aromatic nitrogens is 2. The van der Waals surface area contributed by atoms with Crippen LogP contribution in [0.1, 0.15) is 29.1 Å². The van der Waals surface area contributed by atoms with E-state index in [4.69, 9.17) is 0 Å². The van der Waals surface area contributed by atoms with Crippen LogP contribution in [0.2, 0.25) is 0 Å². The number of hydrogen-bond acceptors (Lipinski definition) is 3. The summed E-state index contributed by atoms with van der Waals surface area (Å²) in [7, 11) is 0. The molecule has 0 bridgehead atoms. The smallest absolute Gasteiger partial charge is 0.129 e. The van der Waals surface area contributed by atoms with Gasteiger partial charge in [0.05, 0.1) is 17.8 Å². The van der Waals surface area contributed by atoms with Gasteiger partial charge in [-0.1, -0.05) is 0 Å². The number of halogens is 2. The van der Waals surface area contributed by atoms with E-state index in [0.717, 1.165) is 42.7 Å². The van der Waals surface area contributed by atoms with Gasteiger partial charge in [-0.2, -0.15) is 5.10 Å². The Balaban J connectivity index is 1.60. The molecule has 1 saturated heterocycles. The molecular weight excluding hydrogens is 288 g/mol. The summed E-state index contributed by atoms with van der Waals surface area (Å²) in [5, 5.41) is 14.6. The Morgan fingerprint density at radius 2 is 2.00 bits per heavy atom. The second-order valence-corrected chi connectivity index (χ2v) is 5.93. The molecule has 2 aromatic rings. The van der Waals surface area contributed by atoms with Crippen molar-refractivity contribution in [1.82, 2.24) is 14.7 Å². The van der Waals surface area contributed by atoms with Gasteiger partial charge in [0, 0.05) is 30.9 Å². The molecule has 3 rings (SSSR count). The lowest BCUT2D eigenvalue weighted by Gasteiger charge is -2.40. The number of hydrogen-bond donors (Lipinski definition) is 1. The van der Waals surface area contributed by atoms with Crippen LogP contribution in [-0.4, -0.2) is 39.4 Å². The summed E-state index contributed by atoms with van der Waals surface area (Å²) >= 11 is 0. The molecule has 4 nitrogen and oxygen atoms in total. The SMILES string of the molecule is Cc1cc(C)n(C2CN(CC(O)c3cc(F)ccc3F)C2)n1. The maximum Gasteiger partial charge on any atom is 0.129 e. The first-order chi connectivity index (χ1) is 10.4. The summed E-state index contributed by atoms with van der Waals surface area (Å²) in [5.74, 6) is -1.12. The lowest BCUT2D eigenvalue weighted by atomic mass is 10.0. The van der Waals surface area contributed by atoms with Crippen LogP contribution in [-0.2, 0) is 0 Å². The molecule has 1 atom stereocenters. The van der Waals surface area contributed by atoms with Gasteiger partial charge in [0.15, 0.2) is 0 Å². The van der Waals surface area contributed by atoms with Crippen molar-refractivity contribution in [3.63, 3.8) is 0 Å². The highest BCUT2D eigenvalue weighted by molar-refractivity contribution is 5.21. The van der Waals surface area contributed by atoms with Crippen LogP contribution in [0.15, 0.2) is 24.3 Å². The molecular formula is C16H19F2N3O. The molecule has 1 N–H and O–H groups in total. The van der Waals surface area contributed by atoms with Gasteiger partial charge >= 0.3 is 0 Å². The highest BCUT2D eigenvalue weighted by atomic mass is 19.1. The number of β-amino-alcohol motifs (C(OH)–C–C–N with tert-alkyl or cyclic N) is 1. The van der Waals surface area contributed by atoms with Gasteiger partial charge in [0.25, 0.3) is 0 Å². The standard InChI is InChI=1S/C16H19F2N3O/c1-10-5-11(2)21(19-10)13-7-20(8-13)9-16(22)14-6-12(17)3-4-15(14)18/h3-6,13,16,22H,7-9H2,1-2H3. The minimum absolute atomic E-state index is 0.00886. The van der Waals surface area contributed by atoms with E-state index in [1.54, 1.807) is 0 Å². The van der Waals surface area contributed by atoms with Crippen molar-refractivity contribution in [3.05, 3.63) is 52.9 Å². The summed E-state index contributed by atoms with van der Waals surface area (Å²) in [6.07, 6.45) is -1.03. The summed E-state index contributed by atoms with van der Waals surface area (Å²) in [5.41, 5.74) is 2.10. The van der Waals surface area contributed by atoms with E-state index in [2.05, 4.69) is 5.10 Å². The second kappa shape index (κ2) is 5.78. The highest BCUT2D eigenvalue weighted by Crippen LogP contribution is 2.26. The van der Waals surface area contributed by atoms with Gasteiger partial charge in [-0.05, 0) is 38.1 Å². The van der Waals surface area contributed by atoms with Gasteiger partial charge in [0.1, 0.15) is 11.6 Å². The molecule has 22 heavy (non-hydrogen) atoms. The zero-order valence-corrected chi connectivity index (χ0v) is 12.6. The molecule has 0 radical (unpaired) electrons. The van der Waals surface area contributed by atoms with Crippen LogP contribution in [0.25, 0.3) is 0 Å². The summed E-state index contributed by atoms with van der Waals surface area (Å²) in [6, 6.07) is 5.45. The third kappa shape index (κ3) is 2.89. The van der Waals surface area contributed by atoms with Gasteiger partial charge in [0.2, 0.25) is 0 Å². The highest BCUT2D eigenvalue weighted by Gasteiger charge is 2.31. The Hall–Kier alpha value is -1.79. The van der Waals surface area contributed by atoms with Gasteiger partial charge in [-0.25, -0.2) is 8.78 Å². The molecule has 0 aliphatic carbocycles. The Morgan fingerprint density at radius 3 is 2.64 bits per heavy atom. The average molecular weight is 307 g/mol. The summed E-state index contributed by atoms with van der Waals surface area (Å²) in [6.45, 7) is 5.75. The summed E-state index contributed by atoms with van der Waals surface area (Å²) in [4.78, 5) is 2.01. The molecule has 1 fully saturated rings. The number of nitrogens with zero attached hydrogens (tertiary/aromatic N) is 3. The molecule has 118 valence electrons. The predicted octanol–water partition coefficient (Wildman–Crippen LogP) is 2.37. The van der Waals surface area contributed by atoms with E-state index in [-0.39, 0.29) is 18.2 Å². The molecule has 0 spiro atoms. The topological polar surface area (TPSA) is 41.3 Å². The van der Waals surface area contributed by atoms with E-state index in [1.165, 1.54) is 0 Å². The minimum atomic E-state index is -1.03. The first-order valence-electron chi connectivity index (χ1n) is 7.32. The lowest BCUT2D eigenvalue weighted by molar-refractivity contribution is 0.0379. The maximum absolute atomic E-state index is 13.6. The van der Waals surface area contributed by atoms with E-state index >= 15 is 0 Å².